The van der Waals surface area contributed by atoms with Crippen molar-refractivity contribution in [2.75, 3.05) is 19.3 Å². The number of halogens is 4. The van der Waals surface area contributed by atoms with Crippen molar-refractivity contribution in [1.82, 2.24) is 14.0 Å². The lowest BCUT2D eigenvalue weighted by atomic mass is 9.85. The first-order valence-electron chi connectivity index (χ1n) is 15.4. The zero-order chi connectivity index (χ0) is 34.4. The number of fused-ring (bicyclic) bond motifs is 2. The highest BCUT2D eigenvalue weighted by atomic mass is 32.2. The van der Waals surface area contributed by atoms with Crippen molar-refractivity contribution in [1.29, 1.82) is 0 Å². The van der Waals surface area contributed by atoms with Gasteiger partial charge in [0.2, 0.25) is 0 Å². The van der Waals surface area contributed by atoms with Crippen LogP contribution in [0.25, 0.3) is 0 Å². The second-order valence-corrected chi connectivity index (χ2v) is 14.4. The van der Waals surface area contributed by atoms with Gasteiger partial charge < -0.3 is 10.5 Å². The highest BCUT2D eigenvalue weighted by Crippen LogP contribution is 2.43. The maximum absolute atomic E-state index is 15.0. The van der Waals surface area contributed by atoms with Crippen LogP contribution in [0.15, 0.2) is 87.3 Å². The fourth-order valence-electron chi connectivity index (χ4n) is 6.70. The number of nitrogens with zero attached hydrogens (tertiary/aromatic N) is 3. The van der Waals surface area contributed by atoms with Gasteiger partial charge in [-0.1, -0.05) is 48.5 Å². The number of rotatable bonds is 8. The monoisotopic (exact) mass is 686 g/mol. The molecule has 0 radical (unpaired) electrons. The van der Waals surface area contributed by atoms with Crippen molar-refractivity contribution in [3.05, 3.63) is 133 Å². The Morgan fingerprint density at radius 2 is 1.62 bits per heavy atom. The number of sulfone groups is 1. The normalized spacial score (nSPS) is 17.0. The van der Waals surface area contributed by atoms with E-state index in [2.05, 4.69) is 4.90 Å². The molecule has 9 nitrogen and oxygen atoms in total. The fraction of sp³-hybridized carbons (Fsp3) is 0.353. The van der Waals surface area contributed by atoms with E-state index in [1.165, 1.54) is 6.07 Å². The lowest BCUT2D eigenvalue weighted by Crippen LogP contribution is -2.49. The molecule has 14 heteroatoms. The summed E-state index contributed by atoms with van der Waals surface area (Å²) in [7, 11) is -3.40. The number of nitrogens with two attached hydrogens (primary N) is 1. The van der Waals surface area contributed by atoms with E-state index in [0.29, 0.717) is 38.0 Å². The molecule has 1 aromatic heterocycles. The minimum absolute atomic E-state index is 0.111. The number of hydrogen-bond donors (Lipinski definition) is 1. The average Bonchev–Trinajstić information content (AvgIpc) is 3.41. The van der Waals surface area contributed by atoms with Gasteiger partial charge in [-0.15, -0.1) is 0 Å². The second kappa shape index (κ2) is 12.7. The van der Waals surface area contributed by atoms with Gasteiger partial charge in [-0.05, 0) is 48.2 Å². The number of alkyl halides is 3. The molecule has 48 heavy (non-hydrogen) atoms. The quantitative estimate of drug-likeness (QED) is 0.274. The zero-order valence-corrected chi connectivity index (χ0v) is 26.9. The van der Waals surface area contributed by atoms with Crippen LogP contribution in [-0.2, 0) is 52.6 Å². The smallest absolute Gasteiger partial charge is 0.364 e. The molecule has 0 aliphatic carbocycles. The second-order valence-electron chi connectivity index (χ2n) is 12.4. The minimum Gasteiger partial charge on any atom is -0.364 e. The maximum atomic E-state index is 15.0. The molecule has 2 N–H and O–H groups in total. The molecule has 0 amide bonds. The van der Waals surface area contributed by atoms with E-state index in [0.717, 1.165) is 39.2 Å². The Bertz CT molecular complexity index is 2070. The van der Waals surface area contributed by atoms with Crippen LogP contribution in [0.3, 0.4) is 0 Å². The number of hydrogen-bond acceptors (Lipinski definition) is 7. The molecule has 0 bridgehead atoms. The Morgan fingerprint density at radius 3 is 2.29 bits per heavy atom. The van der Waals surface area contributed by atoms with E-state index in [9.17, 15) is 31.2 Å². The van der Waals surface area contributed by atoms with Crippen LogP contribution >= 0.6 is 0 Å². The van der Waals surface area contributed by atoms with Gasteiger partial charge in [0.25, 0.3) is 5.56 Å². The van der Waals surface area contributed by atoms with Crippen LogP contribution in [0, 0.1) is 5.82 Å². The van der Waals surface area contributed by atoms with Crippen molar-refractivity contribution in [2.45, 2.75) is 61.8 Å². The van der Waals surface area contributed by atoms with E-state index in [1.807, 2.05) is 6.07 Å². The van der Waals surface area contributed by atoms with Gasteiger partial charge >= 0.3 is 11.9 Å². The Morgan fingerprint density at radius 1 is 0.938 bits per heavy atom. The van der Waals surface area contributed by atoms with Crippen molar-refractivity contribution >= 4 is 9.84 Å². The molecule has 3 aromatic carbocycles. The molecule has 3 heterocycles. The Balaban J connectivity index is 1.39. The lowest BCUT2D eigenvalue weighted by Gasteiger charge is -2.39. The van der Waals surface area contributed by atoms with Crippen molar-refractivity contribution < 1.29 is 30.7 Å². The summed E-state index contributed by atoms with van der Waals surface area (Å²) in [6.07, 6.45) is -3.12. The fourth-order valence-corrected chi connectivity index (χ4v) is 7.39. The standard InChI is InChI=1S/C34H34F4N4O5S/c1-48(45,46)24-10-5-7-22(17-24)18-40-15-13-33(14-16-40)30-29(21-47-33)41(19-25-26(34(36,37)38)11-6-12-27(25)35)32(44)42(31(30)43)20-28(39)23-8-3-2-4-9-23/h2-12,17,28H,13-16,18-21,39H2,1H3/t28-/m0/s1. The number of likely N-dealkylation sites (tertiary alicyclic amines) is 1. The van der Waals surface area contributed by atoms with Gasteiger partial charge in [0.15, 0.2) is 9.84 Å². The minimum atomic E-state index is -4.89. The molecule has 254 valence electrons. The summed E-state index contributed by atoms with van der Waals surface area (Å²) in [5.41, 5.74) is 3.48. The van der Waals surface area contributed by atoms with Gasteiger partial charge in [-0.2, -0.15) is 13.2 Å². The average molecular weight is 687 g/mol. The van der Waals surface area contributed by atoms with Crippen LogP contribution in [0.2, 0.25) is 0 Å². The number of benzene rings is 3. The van der Waals surface area contributed by atoms with Crippen LogP contribution in [0.5, 0.6) is 0 Å². The highest BCUT2D eigenvalue weighted by molar-refractivity contribution is 7.90. The van der Waals surface area contributed by atoms with Crippen molar-refractivity contribution in [3.63, 3.8) is 0 Å². The molecule has 0 saturated carbocycles. The first-order valence-corrected chi connectivity index (χ1v) is 17.2. The van der Waals surface area contributed by atoms with Crippen LogP contribution < -0.4 is 17.0 Å². The zero-order valence-electron chi connectivity index (χ0n) is 26.0. The number of aromatic nitrogens is 2. The van der Waals surface area contributed by atoms with Gasteiger partial charge in [0.1, 0.15) is 11.4 Å². The third-order valence-electron chi connectivity index (χ3n) is 9.22. The van der Waals surface area contributed by atoms with Gasteiger partial charge in [-0.3, -0.25) is 18.8 Å². The summed E-state index contributed by atoms with van der Waals surface area (Å²) in [4.78, 5) is 30.5. The summed E-state index contributed by atoms with van der Waals surface area (Å²) >= 11 is 0. The molecule has 1 saturated heterocycles. The number of piperidine rings is 1. The highest BCUT2D eigenvalue weighted by Gasteiger charge is 2.47. The first kappa shape index (κ1) is 33.8. The first-order chi connectivity index (χ1) is 22.7. The van der Waals surface area contributed by atoms with E-state index >= 15 is 4.39 Å². The maximum Gasteiger partial charge on any atom is 0.416 e. The molecule has 2 aliphatic heterocycles. The molecule has 1 spiro atoms. The van der Waals surface area contributed by atoms with Crippen molar-refractivity contribution in [3.8, 4) is 0 Å². The molecule has 1 fully saturated rings. The third kappa shape index (κ3) is 6.49. The Kier molecular flexibility index (Phi) is 8.96. The van der Waals surface area contributed by atoms with Crippen LogP contribution in [-0.4, -0.2) is 41.8 Å². The van der Waals surface area contributed by atoms with Crippen molar-refractivity contribution in [2.24, 2.45) is 5.73 Å². The van der Waals surface area contributed by atoms with Crippen LogP contribution in [0.4, 0.5) is 17.6 Å². The predicted octanol–water partition coefficient (Wildman–Crippen LogP) is 4.34. The van der Waals surface area contributed by atoms with Crippen LogP contribution in [0.1, 0.15) is 52.4 Å². The largest absolute Gasteiger partial charge is 0.416 e. The van der Waals surface area contributed by atoms with Gasteiger partial charge in [0.05, 0.1) is 41.4 Å². The van der Waals surface area contributed by atoms with E-state index in [-0.39, 0.29) is 29.3 Å². The number of ether oxygens (including phenoxy) is 1. The molecular formula is C34H34F4N4O5S. The summed E-state index contributed by atoms with van der Waals surface area (Å²) in [5.74, 6) is -1.13. The van der Waals surface area contributed by atoms with E-state index in [4.69, 9.17) is 10.5 Å². The molecule has 6 rings (SSSR count). The van der Waals surface area contributed by atoms with E-state index < -0.39 is 62.4 Å². The lowest BCUT2D eigenvalue weighted by molar-refractivity contribution is -0.138. The van der Waals surface area contributed by atoms with Gasteiger partial charge in [0, 0.05) is 37.5 Å². The molecule has 0 unspecified atom stereocenters. The third-order valence-corrected chi connectivity index (χ3v) is 10.3. The summed E-state index contributed by atoms with van der Waals surface area (Å²) < 4.78 is 89.3. The molecular weight excluding hydrogens is 652 g/mol. The summed E-state index contributed by atoms with van der Waals surface area (Å²) in [5, 5.41) is 0. The molecule has 2 aliphatic rings. The summed E-state index contributed by atoms with van der Waals surface area (Å²) in [6, 6.07) is 17.2. The predicted molar refractivity (Wildman–Crippen MR) is 169 cm³/mol. The topological polar surface area (TPSA) is 117 Å². The molecule has 1 atom stereocenters. The van der Waals surface area contributed by atoms with Gasteiger partial charge in [-0.25, -0.2) is 17.6 Å². The van der Waals surface area contributed by atoms with E-state index in [1.54, 1.807) is 42.5 Å². The SMILES string of the molecule is CS(=O)(=O)c1cccc(CN2CCC3(CC2)OCc2c3c(=O)n(C[C@H](N)c3ccccc3)c(=O)n2Cc2c(F)cccc2C(F)(F)F)c1. The Labute approximate surface area is 274 Å². The molecule has 4 aromatic rings. The summed E-state index contributed by atoms with van der Waals surface area (Å²) in [6.45, 7) is 0.0580. The Hall–Kier alpha value is -4.11.